The lowest BCUT2D eigenvalue weighted by molar-refractivity contribution is 0.144. The van der Waals surface area contributed by atoms with Crippen molar-refractivity contribution in [2.45, 2.75) is 44.6 Å². The van der Waals surface area contributed by atoms with E-state index in [9.17, 15) is 5.11 Å². The Morgan fingerprint density at radius 1 is 1.43 bits per heavy atom. The van der Waals surface area contributed by atoms with Gasteiger partial charge in [0, 0.05) is 11.3 Å². The third-order valence-electron chi connectivity index (χ3n) is 3.10. The number of aliphatic hydroxyl groups excluding tert-OH is 1. The van der Waals surface area contributed by atoms with Crippen molar-refractivity contribution in [3.05, 3.63) is 22.4 Å². The molecular formula is C12H18OS. The molecule has 2 heteroatoms. The molecule has 1 heterocycles. The molecule has 1 aromatic heterocycles. The highest BCUT2D eigenvalue weighted by Gasteiger charge is 2.18. The van der Waals surface area contributed by atoms with Crippen molar-refractivity contribution in [2.24, 2.45) is 5.92 Å². The van der Waals surface area contributed by atoms with Gasteiger partial charge in [0.2, 0.25) is 0 Å². The van der Waals surface area contributed by atoms with Crippen LogP contribution >= 0.6 is 11.3 Å². The van der Waals surface area contributed by atoms with E-state index in [1.54, 1.807) is 11.3 Å². The molecule has 0 spiro atoms. The predicted octanol–water partition coefficient (Wildman–Crippen LogP) is 3.23. The highest BCUT2D eigenvalue weighted by Crippen LogP contribution is 2.29. The zero-order chi connectivity index (χ0) is 9.80. The van der Waals surface area contributed by atoms with Crippen LogP contribution in [-0.4, -0.2) is 11.2 Å². The van der Waals surface area contributed by atoms with Crippen molar-refractivity contribution < 1.29 is 5.11 Å². The van der Waals surface area contributed by atoms with E-state index in [4.69, 9.17) is 0 Å². The summed E-state index contributed by atoms with van der Waals surface area (Å²) in [6, 6.07) is 4.17. The van der Waals surface area contributed by atoms with Gasteiger partial charge in [-0.05, 0) is 23.8 Å². The van der Waals surface area contributed by atoms with Crippen LogP contribution in [0, 0.1) is 5.92 Å². The number of thiophene rings is 1. The Balaban J connectivity index is 1.75. The normalized spacial score (nSPS) is 20.1. The second-order valence-electron chi connectivity index (χ2n) is 4.32. The van der Waals surface area contributed by atoms with Crippen LogP contribution in [0.4, 0.5) is 0 Å². The fourth-order valence-corrected chi connectivity index (χ4v) is 3.15. The molecule has 0 saturated heterocycles. The maximum Gasteiger partial charge on any atom is 0.0591 e. The molecule has 78 valence electrons. The average molecular weight is 210 g/mol. The lowest BCUT2D eigenvalue weighted by atomic mass is 9.98. The summed E-state index contributed by atoms with van der Waals surface area (Å²) in [4.78, 5) is 1.32. The lowest BCUT2D eigenvalue weighted by Gasteiger charge is -2.14. The molecule has 0 aliphatic heterocycles. The first-order chi connectivity index (χ1) is 6.84. The van der Waals surface area contributed by atoms with Crippen LogP contribution < -0.4 is 0 Å². The Hall–Kier alpha value is -0.340. The van der Waals surface area contributed by atoms with Gasteiger partial charge >= 0.3 is 0 Å². The minimum absolute atomic E-state index is 0.114. The van der Waals surface area contributed by atoms with E-state index in [2.05, 4.69) is 17.5 Å². The summed E-state index contributed by atoms with van der Waals surface area (Å²) >= 11 is 1.75. The summed E-state index contributed by atoms with van der Waals surface area (Å²) in [6.07, 6.45) is 7.17. The van der Waals surface area contributed by atoms with Gasteiger partial charge in [-0.2, -0.15) is 0 Å². The molecule has 1 aliphatic carbocycles. The van der Waals surface area contributed by atoms with E-state index in [1.807, 2.05) is 0 Å². The predicted molar refractivity (Wildman–Crippen MR) is 60.6 cm³/mol. The first-order valence-corrected chi connectivity index (χ1v) is 6.43. The van der Waals surface area contributed by atoms with E-state index in [0.717, 1.165) is 18.8 Å². The van der Waals surface area contributed by atoms with Gasteiger partial charge in [-0.25, -0.2) is 0 Å². The lowest BCUT2D eigenvalue weighted by Crippen LogP contribution is -2.13. The summed E-state index contributed by atoms with van der Waals surface area (Å²) in [7, 11) is 0. The van der Waals surface area contributed by atoms with Crippen LogP contribution in [0.25, 0.3) is 0 Å². The van der Waals surface area contributed by atoms with Crippen molar-refractivity contribution in [1.82, 2.24) is 0 Å². The van der Waals surface area contributed by atoms with Gasteiger partial charge in [-0.15, -0.1) is 11.3 Å². The summed E-state index contributed by atoms with van der Waals surface area (Å²) in [6.45, 7) is 0. The van der Waals surface area contributed by atoms with Gasteiger partial charge in [0.15, 0.2) is 0 Å². The molecule has 0 bridgehead atoms. The van der Waals surface area contributed by atoms with Gasteiger partial charge in [0.05, 0.1) is 6.10 Å². The van der Waals surface area contributed by atoms with Crippen molar-refractivity contribution >= 4 is 11.3 Å². The Morgan fingerprint density at radius 2 is 2.21 bits per heavy atom. The zero-order valence-corrected chi connectivity index (χ0v) is 9.30. The van der Waals surface area contributed by atoms with Crippen LogP contribution in [-0.2, 0) is 6.42 Å². The maximum absolute atomic E-state index is 9.89. The van der Waals surface area contributed by atoms with Crippen LogP contribution in [0.3, 0.4) is 0 Å². The maximum atomic E-state index is 9.89. The highest BCUT2D eigenvalue weighted by molar-refractivity contribution is 7.09. The summed E-state index contributed by atoms with van der Waals surface area (Å²) in [5, 5.41) is 12.0. The first-order valence-electron chi connectivity index (χ1n) is 5.55. The standard InChI is InChI=1S/C12H18OS/c13-11(8-10-4-1-2-5-10)9-12-6-3-7-14-12/h3,6-7,10-11,13H,1-2,4-5,8-9H2. The summed E-state index contributed by atoms with van der Waals surface area (Å²) < 4.78 is 0. The topological polar surface area (TPSA) is 20.2 Å². The fraction of sp³-hybridized carbons (Fsp3) is 0.667. The zero-order valence-electron chi connectivity index (χ0n) is 8.48. The minimum Gasteiger partial charge on any atom is -0.393 e. The Kier molecular flexibility index (Phi) is 3.60. The molecular weight excluding hydrogens is 192 g/mol. The minimum atomic E-state index is -0.114. The van der Waals surface area contributed by atoms with E-state index < -0.39 is 0 Å². The summed E-state index contributed by atoms with van der Waals surface area (Å²) in [5.41, 5.74) is 0. The molecule has 0 aromatic carbocycles. The van der Waals surface area contributed by atoms with Crippen LogP contribution in [0.1, 0.15) is 37.0 Å². The smallest absolute Gasteiger partial charge is 0.0591 e. The van der Waals surface area contributed by atoms with E-state index >= 15 is 0 Å². The van der Waals surface area contributed by atoms with Gasteiger partial charge in [-0.1, -0.05) is 31.7 Å². The number of rotatable bonds is 4. The number of hydrogen-bond acceptors (Lipinski definition) is 2. The molecule has 1 N–H and O–H groups in total. The van der Waals surface area contributed by atoms with Gasteiger partial charge in [0.1, 0.15) is 0 Å². The van der Waals surface area contributed by atoms with Crippen LogP contribution in [0.15, 0.2) is 17.5 Å². The highest BCUT2D eigenvalue weighted by atomic mass is 32.1. The van der Waals surface area contributed by atoms with Gasteiger partial charge < -0.3 is 5.11 Å². The second-order valence-corrected chi connectivity index (χ2v) is 5.36. The van der Waals surface area contributed by atoms with Crippen molar-refractivity contribution in [2.75, 3.05) is 0 Å². The molecule has 1 aliphatic rings. The molecule has 1 aromatic rings. The third kappa shape index (κ3) is 2.82. The molecule has 2 rings (SSSR count). The molecule has 1 atom stereocenters. The van der Waals surface area contributed by atoms with Crippen molar-refractivity contribution in [1.29, 1.82) is 0 Å². The molecule has 1 nitrogen and oxygen atoms in total. The van der Waals surface area contributed by atoms with Crippen LogP contribution in [0.5, 0.6) is 0 Å². The molecule has 1 saturated carbocycles. The summed E-state index contributed by atoms with van der Waals surface area (Å²) in [5.74, 6) is 0.796. The average Bonchev–Trinajstić information content (AvgIpc) is 2.76. The Bertz CT molecular complexity index is 249. The Morgan fingerprint density at radius 3 is 2.86 bits per heavy atom. The van der Waals surface area contributed by atoms with Crippen LogP contribution in [0.2, 0.25) is 0 Å². The quantitative estimate of drug-likeness (QED) is 0.809. The number of aliphatic hydroxyl groups is 1. The third-order valence-corrected chi connectivity index (χ3v) is 4.00. The van der Waals surface area contributed by atoms with E-state index in [1.165, 1.54) is 30.6 Å². The monoisotopic (exact) mass is 210 g/mol. The number of hydrogen-bond donors (Lipinski definition) is 1. The van der Waals surface area contributed by atoms with E-state index in [-0.39, 0.29) is 6.10 Å². The molecule has 1 fully saturated rings. The Labute approximate surface area is 89.8 Å². The largest absolute Gasteiger partial charge is 0.393 e. The van der Waals surface area contributed by atoms with Gasteiger partial charge in [0.25, 0.3) is 0 Å². The fourth-order valence-electron chi connectivity index (χ4n) is 2.38. The molecule has 1 unspecified atom stereocenters. The molecule has 0 radical (unpaired) electrons. The SMILES string of the molecule is OC(Cc1cccs1)CC1CCCC1. The van der Waals surface area contributed by atoms with Crippen molar-refractivity contribution in [3.63, 3.8) is 0 Å². The van der Waals surface area contributed by atoms with E-state index in [0.29, 0.717) is 0 Å². The van der Waals surface area contributed by atoms with Gasteiger partial charge in [-0.3, -0.25) is 0 Å². The van der Waals surface area contributed by atoms with Crippen molar-refractivity contribution in [3.8, 4) is 0 Å². The second kappa shape index (κ2) is 4.94. The first kappa shape index (κ1) is 10.2. The molecule has 14 heavy (non-hydrogen) atoms. The molecule has 0 amide bonds.